The van der Waals surface area contributed by atoms with Gasteiger partial charge in [-0.3, -0.25) is 4.79 Å². The number of hydrogen-bond acceptors (Lipinski definition) is 5. The smallest absolute Gasteiger partial charge is 0.335 e. The fourth-order valence-electron chi connectivity index (χ4n) is 3.66. The van der Waals surface area contributed by atoms with Crippen molar-refractivity contribution in [1.82, 2.24) is 9.97 Å². The van der Waals surface area contributed by atoms with Gasteiger partial charge in [0.05, 0.1) is 34.4 Å². The number of carbonyl (C=O) groups excluding carboxylic acids is 1. The third-order valence-corrected chi connectivity index (χ3v) is 5.46. The van der Waals surface area contributed by atoms with Gasteiger partial charge in [0.2, 0.25) is 0 Å². The van der Waals surface area contributed by atoms with Gasteiger partial charge in [-0.2, -0.15) is 0 Å². The highest BCUT2D eigenvalue weighted by molar-refractivity contribution is 6.30. The molecule has 7 heteroatoms. The maximum Gasteiger partial charge on any atom is 0.335 e. The summed E-state index contributed by atoms with van der Waals surface area (Å²) in [6.07, 6.45) is 3.88. The number of ether oxygens (including phenoxy) is 1. The van der Waals surface area contributed by atoms with Gasteiger partial charge in [0.25, 0.3) is 0 Å². The van der Waals surface area contributed by atoms with Crippen molar-refractivity contribution < 1.29 is 19.4 Å². The number of carboxylic acids is 1. The van der Waals surface area contributed by atoms with Crippen molar-refractivity contribution in [3.63, 3.8) is 0 Å². The molecule has 0 bridgehead atoms. The lowest BCUT2D eigenvalue weighted by atomic mass is 10.1. The van der Waals surface area contributed by atoms with Gasteiger partial charge in [0.1, 0.15) is 5.60 Å². The lowest BCUT2D eigenvalue weighted by molar-refractivity contribution is -0.153. The van der Waals surface area contributed by atoms with E-state index in [0.717, 1.165) is 16.7 Å². The van der Waals surface area contributed by atoms with Crippen molar-refractivity contribution in [3.8, 4) is 11.3 Å². The number of nitrogens with zero attached hydrogens (tertiary/aromatic N) is 2. The first kappa shape index (κ1) is 25.1. The number of fused-ring (bicyclic) bond motifs is 1. The summed E-state index contributed by atoms with van der Waals surface area (Å²) in [5, 5.41) is 9.98. The number of rotatable bonds is 6. The summed E-state index contributed by atoms with van der Waals surface area (Å²) in [6.45, 7) is 5.52. The Labute approximate surface area is 214 Å². The summed E-state index contributed by atoms with van der Waals surface area (Å²) in [4.78, 5) is 33.2. The molecule has 0 fully saturated rings. The van der Waals surface area contributed by atoms with E-state index in [-0.39, 0.29) is 18.0 Å². The molecule has 6 nitrogen and oxygen atoms in total. The molecule has 182 valence electrons. The van der Waals surface area contributed by atoms with Crippen LogP contribution in [-0.2, 0) is 16.0 Å². The molecule has 0 radical (unpaired) electrons. The van der Waals surface area contributed by atoms with E-state index in [1.807, 2.05) is 69.3 Å². The Hall–Kier alpha value is -4.03. The minimum absolute atomic E-state index is 0.140. The van der Waals surface area contributed by atoms with E-state index in [1.54, 1.807) is 18.2 Å². The van der Waals surface area contributed by atoms with Gasteiger partial charge in [0.15, 0.2) is 0 Å². The number of carboxylic acid groups (broad SMARTS) is 1. The standard InChI is InChI=1S/C29H25ClN2O4/c1-29(2,3)36-26(33)16-19-6-4-5-18(15-19)7-13-24-27(20-8-11-22(30)12-9-20)32-23-14-10-21(28(34)35)17-25(23)31-24/h4-15,17H,16H2,1-3H3,(H,34,35). The molecule has 0 unspecified atom stereocenters. The van der Waals surface area contributed by atoms with Gasteiger partial charge in [-0.05, 0) is 68.3 Å². The third kappa shape index (κ3) is 6.34. The molecular formula is C29H25ClN2O4. The Morgan fingerprint density at radius 3 is 2.39 bits per heavy atom. The number of esters is 1. The molecule has 1 aromatic heterocycles. The third-order valence-electron chi connectivity index (χ3n) is 5.21. The predicted molar refractivity (Wildman–Crippen MR) is 142 cm³/mol. The Bertz CT molecular complexity index is 1470. The zero-order valence-electron chi connectivity index (χ0n) is 20.2. The highest BCUT2D eigenvalue weighted by Crippen LogP contribution is 2.27. The van der Waals surface area contributed by atoms with Crippen LogP contribution < -0.4 is 0 Å². The molecule has 0 saturated carbocycles. The van der Waals surface area contributed by atoms with Crippen LogP contribution in [0.3, 0.4) is 0 Å². The molecule has 0 spiro atoms. The predicted octanol–water partition coefficient (Wildman–Crippen LogP) is 6.70. The Morgan fingerprint density at radius 2 is 1.69 bits per heavy atom. The number of carbonyl (C=O) groups is 2. The van der Waals surface area contributed by atoms with Crippen LogP contribution in [0.25, 0.3) is 34.4 Å². The zero-order valence-corrected chi connectivity index (χ0v) is 20.9. The van der Waals surface area contributed by atoms with Crippen LogP contribution in [0, 0.1) is 0 Å². The molecule has 4 rings (SSSR count). The van der Waals surface area contributed by atoms with E-state index in [1.165, 1.54) is 12.1 Å². The number of benzene rings is 3. The van der Waals surface area contributed by atoms with Crippen LogP contribution in [0.2, 0.25) is 5.02 Å². The Kier molecular flexibility index (Phi) is 7.17. The first-order chi connectivity index (χ1) is 17.1. The number of aromatic carboxylic acids is 1. The van der Waals surface area contributed by atoms with Gasteiger partial charge in [0, 0.05) is 10.6 Å². The van der Waals surface area contributed by atoms with E-state index in [0.29, 0.717) is 27.4 Å². The molecule has 36 heavy (non-hydrogen) atoms. The van der Waals surface area contributed by atoms with E-state index >= 15 is 0 Å². The molecule has 1 heterocycles. The highest BCUT2D eigenvalue weighted by atomic mass is 35.5. The van der Waals surface area contributed by atoms with Crippen LogP contribution in [-0.4, -0.2) is 32.6 Å². The fraction of sp³-hybridized carbons (Fsp3) is 0.172. The molecule has 0 atom stereocenters. The molecule has 0 aliphatic carbocycles. The second-order valence-corrected chi connectivity index (χ2v) is 9.75. The van der Waals surface area contributed by atoms with E-state index in [4.69, 9.17) is 26.3 Å². The van der Waals surface area contributed by atoms with Gasteiger partial charge >= 0.3 is 11.9 Å². The lowest BCUT2D eigenvalue weighted by Gasteiger charge is -2.19. The SMILES string of the molecule is CC(C)(C)OC(=O)Cc1cccc(C=Cc2nc3cc(C(=O)O)ccc3nc2-c2ccc(Cl)cc2)c1. The quantitative estimate of drug-likeness (QED) is 0.296. The maximum atomic E-state index is 12.2. The van der Waals surface area contributed by atoms with Crippen LogP contribution >= 0.6 is 11.6 Å². The topological polar surface area (TPSA) is 89.4 Å². The van der Waals surface area contributed by atoms with Gasteiger partial charge in [-0.25, -0.2) is 14.8 Å². The normalized spacial score (nSPS) is 11.7. The molecule has 0 aliphatic rings. The Morgan fingerprint density at radius 1 is 0.944 bits per heavy atom. The zero-order chi connectivity index (χ0) is 25.9. The number of hydrogen-bond donors (Lipinski definition) is 1. The van der Waals surface area contributed by atoms with Crippen LogP contribution in [0.15, 0.2) is 66.7 Å². The van der Waals surface area contributed by atoms with E-state index in [2.05, 4.69) is 0 Å². The van der Waals surface area contributed by atoms with Gasteiger partial charge < -0.3 is 9.84 Å². The molecule has 1 N–H and O–H groups in total. The minimum Gasteiger partial charge on any atom is -0.478 e. The first-order valence-electron chi connectivity index (χ1n) is 11.4. The second kappa shape index (κ2) is 10.3. The minimum atomic E-state index is -1.03. The van der Waals surface area contributed by atoms with Crippen molar-refractivity contribution in [1.29, 1.82) is 0 Å². The van der Waals surface area contributed by atoms with Crippen molar-refractivity contribution in [2.45, 2.75) is 32.8 Å². The fourth-order valence-corrected chi connectivity index (χ4v) is 3.79. The van der Waals surface area contributed by atoms with Crippen molar-refractivity contribution in [2.24, 2.45) is 0 Å². The second-order valence-electron chi connectivity index (χ2n) is 9.31. The first-order valence-corrected chi connectivity index (χ1v) is 11.8. The van der Waals surface area contributed by atoms with Crippen LogP contribution in [0.1, 0.15) is 48.0 Å². The molecule has 3 aromatic carbocycles. The molecule has 0 amide bonds. The summed E-state index contributed by atoms with van der Waals surface area (Å²) in [7, 11) is 0. The summed E-state index contributed by atoms with van der Waals surface area (Å²) < 4.78 is 5.42. The monoisotopic (exact) mass is 500 g/mol. The Balaban J connectivity index is 1.71. The average Bonchev–Trinajstić information content (AvgIpc) is 2.81. The highest BCUT2D eigenvalue weighted by Gasteiger charge is 2.16. The van der Waals surface area contributed by atoms with Gasteiger partial charge in [-0.15, -0.1) is 0 Å². The summed E-state index contributed by atoms with van der Waals surface area (Å²) in [6, 6.07) is 19.6. The van der Waals surface area contributed by atoms with E-state index < -0.39 is 11.6 Å². The van der Waals surface area contributed by atoms with Gasteiger partial charge in [-0.1, -0.05) is 54.1 Å². The van der Waals surface area contributed by atoms with Crippen LogP contribution in [0.5, 0.6) is 0 Å². The molecule has 0 saturated heterocycles. The maximum absolute atomic E-state index is 12.2. The number of halogens is 1. The molecule has 0 aliphatic heterocycles. The lowest BCUT2D eigenvalue weighted by Crippen LogP contribution is -2.24. The molecule has 4 aromatic rings. The van der Waals surface area contributed by atoms with Crippen molar-refractivity contribution in [2.75, 3.05) is 0 Å². The van der Waals surface area contributed by atoms with Crippen molar-refractivity contribution >= 4 is 46.7 Å². The van der Waals surface area contributed by atoms with Crippen LogP contribution in [0.4, 0.5) is 0 Å². The summed E-state index contributed by atoms with van der Waals surface area (Å²) in [5.41, 5.74) is 4.41. The average molecular weight is 501 g/mol. The molecular weight excluding hydrogens is 476 g/mol. The van der Waals surface area contributed by atoms with E-state index in [9.17, 15) is 14.7 Å². The largest absolute Gasteiger partial charge is 0.478 e. The number of aromatic nitrogens is 2. The summed E-state index contributed by atoms with van der Waals surface area (Å²) >= 11 is 6.07. The summed E-state index contributed by atoms with van der Waals surface area (Å²) in [5.74, 6) is -1.32. The van der Waals surface area contributed by atoms with Crippen molar-refractivity contribution in [3.05, 3.63) is 94.1 Å².